The van der Waals surface area contributed by atoms with Crippen LogP contribution < -0.4 is 5.19 Å². The number of furan rings is 1. The summed E-state index contributed by atoms with van der Waals surface area (Å²) in [6, 6.07) is 45.4. The first-order chi connectivity index (χ1) is 28.7. The number of hydrogen-bond donors (Lipinski definition) is 0. The number of para-hydroxylation sites is 2. The maximum atomic E-state index is 6.68. The van der Waals surface area contributed by atoms with E-state index in [1.54, 1.807) is 0 Å². The molecule has 0 spiro atoms. The van der Waals surface area contributed by atoms with Crippen molar-refractivity contribution in [2.24, 2.45) is 0 Å². The predicted octanol–water partition coefficient (Wildman–Crippen LogP) is 14.0. The first-order valence-electron chi connectivity index (χ1n) is 21.1. The smallest absolute Gasteiger partial charge is 0.142 e. The minimum atomic E-state index is -1.24. The van der Waals surface area contributed by atoms with Crippen LogP contribution in [-0.2, 0) is 20.1 Å². The standard InChI is InChI=1S/C39H36N3O.C15H18NSi.Ir/c1-22(2)30-20-28(27-13-9-8-10-14-27)21-31(23(3)4)36(30)42-34-16-12-11-15-33(34)41-39(42)29-18-17-24(5)35-32-19-25(6)40-26(7)37(32)43-38(29)35;1-12-5-7-13(8-6-12)15-10-9-14(11-16-15)17(2,3)4;/h8-17,19-23H,1-7H3;5-7,9-11H,1-4H3;/q2*-1;. The van der Waals surface area contributed by atoms with Crippen LogP contribution in [0.3, 0.4) is 0 Å². The van der Waals surface area contributed by atoms with Crippen molar-refractivity contribution >= 4 is 46.2 Å². The van der Waals surface area contributed by atoms with E-state index in [0.717, 1.165) is 72.6 Å². The molecule has 0 fully saturated rings. The van der Waals surface area contributed by atoms with Crippen molar-refractivity contribution in [1.29, 1.82) is 0 Å². The van der Waals surface area contributed by atoms with Crippen LogP contribution >= 0.6 is 0 Å². The Morgan fingerprint density at radius 2 is 1.38 bits per heavy atom. The van der Waals surface area contributed by atoms with Crippen LogP contribution in [0.4, 0.5) is 0 Å². The van der Waals surface area contributed by atoms with Gasteiger partial charge in [0.1, 0.15) is 5.58 Å². The third kappa shape index (κ3) is 8.57. The largest absolute Gasteiger partial charge is 0.499 e. The summed E-state index contributed by atoms with van der Waals surface area (Å²) in [5, 5.41) is 3.59. The van der Waals surface area contributed by atoms with Crippen molar-refractivity contribution < 1.29 is 24.5 Å². The zero-order chi connectivity index (χ0) is 42.5. The molecule has 61 heavy (non-hydrogen) atoms. The van der Waals surface area contributed by atoms with E-state index in [1.807, 2.05) is 26.1 Å². The molecule has 0 saturated carbocycles. The summed E-state index contributed by atoms with van der Waals surface area (Å²) in [5.74, 6) is 1.41. The van der Waals surface area contributed by atoms with Crippen LogP contribution in [0.1, 0.15) is 73.2 Å². The number of rotatable bonds is 7. The number of pyridine rings is 2. The second kappa shape index (κ2) is 17.5. The fraction of sp³-hybridized carbons (Fsp3) is 0.241. The number of imidazole rings is 1. The van der Waals surface area contributed by atoms with E-state index in [1.165, 1.54) is 38.7 Å². The van der Waals surface area contributed by atoms with E-state index in [9.17, 15) is 0 Å². The van der Waals surface area contributed by atoms with Crippen molar-refractivity contribution in [1.82, 2.24) is 19.5 Å². The quantitative estimate of drug-likeness (QED) is 0.118. The first-order valence-corrected chi connectivity index (χ1v) is 24.6. The van der Waals surface area contributed by atoms with Gasteiger partial charge in [0.15, 0.2) is 0 Å². The molecule has 0 aliphatic heterocycles. The van der Waals surface area contributed by atoms with Gasteiger partial charge in [0.25, 0.3) is 0 Å². The molecule has 4 aromatic heterocycles. The molecule has 0 atom stereocenters. The van der Waals surface area contributed by atoms with E-state index < -0.39 is 8.07 Å². The molecule has 5 nitrogen and oxygen atoms in total. The van der Waals surface area contributed by atoms with Gasteiger partial charge in [-0.2, -0.15) is 0 Å². The fourth-order valence-electron chi connectivity index (χ4n) is 8.15. The van der Waals surface area contributed by atoms with Crippen LogP contribution in [0.2, 0.25) is 19.6 Å². The van der Waals surface area contributed by atoms with Gasteiger partial charge in [-0.1, -0.05) is 127 Å². The molecule has 0 saturated heterocycles. The van der Waals surface area contributed by atoms with E-state index in [2.05, 4.69) is 186 Å². The first kappa shape index (κ1) is 43.6. The predicted molar refractivity (Wildman–Crippen MR) is 254 cm³/mol. The number of fused-ring (bicyclic) bond motifs is 4. The average Bonchev–Trinajstić information content (AvgIpc) is 3.81. The van der Waals surface area contributed by atoms with E-state index in [-0.39, 0.29) is 31.9 Å². The molecule has 1 radical (unpaired) electrons. The molecule has 0 bridgehead atoms. The van der Waals surface area contributed by atoms with Crippen LogP contribution in [0, 0.1) is 39.8 Å². The minimum absolute atomic E-state index is 0. The SMILES string of the molecule is Cc1c[c-]c(-c2ccc([Si](C)(C)C)cn2)cc1.Cc1cc2c(oc3c(-c4nc5ccccc5n4-c4c(C(C)C)cc(-c5ccccc5)cc4C(C)C)[c-]cc(C)c32)c(C)n1.[Ir]. The molecule has 0 N–H and O–H groups in total. The van der Waals surface area contributed by atoms with Crippen LogP contribution in [0.25, 0.3) is 72.4 Å². The zero-order valence-corrected chi connectivity index (χ0v) is 40.5. The van der Waals surface area contributed by atoms with Crippen molar-refractivity contribution in [2.75, 3.05) is 0 Å². The summed E-state index contributed by atoms with van der Waals surface area (Å²) in [6.07, 6.45) is 2.02. The molecule has 5 aromatic carbocycles. The van der Waals surface area contributed by atoms with E-state index in [4.69, 9.17) is 14.4 Å². The monoisotopic (exact) mass is 995 g/mol. The molecule has 0 unspecified atom stereocenters. The van der Waals surface area contributed by atoms with Gasteiger partial charge in [-0.25, -0.2) is 0 Å². The summed E-state index contributed by atoms with van der Waals surface area (Å²) < 4.78 is 9.04. The van der Waals surface area contributed by atoms with E-state index in [0.29, 0.717) is 0 Å². The van der Waals surface area contributed by atoms with Crippen LogP contribution in [-0.4, -0.2) is 27.6 Å². The Bertz CT molecular complexity index is 2960. The number of benzene rings is 5. The van der Waals surface area contributed by atoms with Gasteiger partial charge in [-0.3, -0.25) is 9.97 Å². The zero-order valence-electron chi connectivity index (χ0n) is 37.2. The molecule has 0 amide bonds. The summed E-state index contributed by atoms with van der Waals surface area (Å²) in [7, 11) is -1.24. The molecule has 0 aliphatic carbocycles. The Labute approximate surface area is 375 Å². The molecule has 0 aliphatic rings. The summed E-state index contributed by atoms with van der Waals surface area (Å²) in [5.41, 5.74) is 17.1. The summed E-state index contributed by atoms with van der Waals surface area (Å²) >= 11 is 0. The topological polar surface area (TPSA) is 56.7 Å². The molecule has 7 heteroatoms. The second-order valence-corrected chi connectivity index (χ2v) is 22.9. The fourth-order valence-corrected chi connectivity index (χ4v) is 9.19. The third-order valence-corrected chi connectivity index (χ3v) is 13.5. The van der Waals surface area contributed by atoms with Gasteiger partial charge in [-0.05, 0) is 89.1 Å². The van der Waals surface area contributed by atoms with Crippen LogP contribution in [0.5, 0.6) is 0 Å². The maximum Gasteiger partial charge on any atom is 0.142 e. The van der Waals surface area contributed by atoms with Crippen molar-refractivity contribution in [3.8, 4) is 39.5 Å². The molecule has 311 valence electrons. The average molecular weight is 995 g/mol. The van der Waals surface area contributed by atoms with Gasteiger partial charge in [0.2, 0.25) is 0 Å². The van der Waals surface area contributed by atoms with E-state index >= 15 is 0 Å². The molecule has 9 aromatic rings. The third-order valence-electron chi connectivity index (χ3n) is 11.4. The molecule has 9 rings (SSSR count). The Balaban J connectivity index is 0.000000262. The van der Waals surface area contributed by atoms with Crippen molar-refractivity contribution in [2.45, 2.75) is 86.9 Å². The van der Waals surface area contributed by atoms with Gasteiger partial charge in [0.05, 0.1) is 36.2 Å². The van der Waals surface area contributed by atoms with Gasteiger partial charge < -0.3 is 14.0 Å². The number of aromatic nitrogens is 4. The number of nitrogens with zero attached hydrogens (tertiary/aromatic N) is 4. The van der Waals surface area contributed by atoms with Gasteiger partial charge in [-0.15, -0.1) is 53.1 Å². The Hall–Kier alpha value is -5.46. The Morgan fingerprint density at radius 1 is 0.689 bits per heavy atom. The second-order valence-electron chi connectivity index (χ2n) is 17.8. The van der Waals surface area contributed by atoms with Crippen molar-refractivity contribution in [3.63, 3.8) is 0 Å². The Morgan fingerprint density at radius 3 is 2.00 bits per heavy atom. The molecule has 4 heterocycles. The number of hydrogen-bond acceptors (Lipinski definition) is 4. The Kier molecular flexibility index (Phi) is 12.5. The van der Waals surface area contributed by atoms with Crippen molar-refractivity contribution in [3.05, 3.63) is 161 Å². The maximum absolute atomic E-state index is 6.68. The van der Waals surface area contributed by atoms with Gasteiger partial charge in [0, 0.05) is 43.1 Å². The van der Waals surface area contributed by atoms with Crippen LogP contribution in [0.15, 0.2) is 120 Å². The van der Waals surface area contributed by atoms with Gasteiger partial charge >= 0.3 is 0 Å². The summed E-state index contributed by atoms with van der Waals surface area (Å²) in [4.78, 5) is 14.5. The number of aryl methyl sites for hydroxylation is 4. The summed E-state index contributed by atoms with van der Waals surface area (Å²) in [6.45, 7) is 24.4. The minimum Gasteiger partial charge on any atom is -0.499 e. The normalized spacial score (nSPS) is 11.7. The molecular weight excluding hydrogens is 941 g/mol. The molecular formula is C54H54IrN4OSi-2.